The zero-order chi connectivity index (χ0) is 17.3. The van der Waals surface area contributed by atoms with Crippen molar-refractivity contribution in [2.75, 3.05) is 25.6 Å². The quantitative estimate of drug-likeness (QED) is 0.783. The van der Waals surface area contributed by atoms with Crippen LogP contribution in [0.1, 0.15) is 12.0 Å². The average molecular weight is 360 g/mol. The molecule has 7 nitrogen and oxygen atoms in total. The molecule has 1 heterocycles. The summed E-state index contributed by atoms with van der Waals surface area (Å²) in [5.41, 5.74) is 0.668. The maximum Gasteiger partial charge on any atom is 0.242 e. The highest BCUT2D eigenvalue weighted by Gasteiger charge is 2.28. The third kappa shape index (κ3) is 4.52. The summed E-state index contributed by atoms with van der Waals surface area (Å²) < 4.78 is 47.7. The average Bonchev–Trinajstić information content (AvgIpc) is 2.78. The smallest absolute Gasteiger partial charge is 0.242 e. The summed E-state index contributed by atoms with van der Waals surface area (Å²) in [6, 6.07) is 5.75. The van der Waals surface area contributed by atoms with Crippen molar-refractivity contribution in [3.05, 3.63) is 29.8 Å². The zero-order valence-electron chi connectivity index (χ0n) is 13.0. The Morgan fingerprint density at radius 2 is 1.87 bits per heavy atom. The maximum absolute atomic E-state index is 11.9. The lowest BCUT2D eigenvalue weighted by atomic mass is 10.1. The van der Waals surface area contributed by atoms with Gasteiger partial charge in [0.15, 0.2) is 9.84 Å². The molecule has 0 aliphatic carbocycles. The number of nitrogens with zero attached hydrogens (tertiary/aromatic N) is 1. The molecule has 1 saturated heterocycles. The molecule has 1 N–H and O–H groups in total. The van der Waals surface area contributed by atoms with Crippen molar-refractivity contribution >= 4 is 25.8 Å². The van der Waals surface area contributed by atoms with Gasteiger partial charge in [-0.1, -0.05) is 12.1 Å². The summed E-state index contributed by atoms with van der Waals surface area (Å²) >= 11 is 0. The van der Waals surface area contributed by atoms with Crippen molar-refractivity contribution in [2.45, 2.75) is 23.8 Å². The predicted molar refractivity (Wildman–Crippen MR) is 86.2 cm³/mol. The van der Waals surface area contributed by atoms with E-state index in [1.807, 2.05) is 0 Å². The molecule has 0 aromatic heterocycles. The van der Waals surface area contributed by atoms with Crippen LogP contribution < -0.4 is 5.32 Å². The van der Waals surface area contributed by atoms with Gasteiger partial charge < -0.3 is 5.32 Å². The number of sulfone groups is 1. The van der Waals surface area contributed by atoms with Gasteiger partial charge in [0.25, 0.3) is 0 Å². The highest BCUT2D eigenvalue weighted by atomic mass is 32.2. The van der Waals surface area contributed by atoms with Crippen molar-refractivity contribution in [1.82, 2.24) is 9.62 Å². The molecule has 1 fully saturated rings. The van der Waals surface area contributed by atoms with Crippen LogP contribution in [-0.2, 0) is 31.1 Å². The van der Waals surface area contributed by atoms with Gasteiger partial charge in [-0.3, -0.25) is 4.79 Å². The molecule has 0 bridgehead atoms. The minimum Gasteiger partial charge on any atom is -0.352 e. The zero-order valence-corrected chi connectivity index (χ0v) is 14.7. The Labute approximate surface area is 136 Å². The van der Waals surface area contributed by atoms with Crippen LogP contribution in [0.4, 0.5) is 0 Å². The van der Waals surface area contributed by atoms with Gasteiger partial charge in [0.1, 0.15) is 0 Å². The Balaban J connectivity index is 1.97. The molecule has 23 heavy (non-hydrogen) atoms. The fourth-order valence-electron chi connectivity index (χ4n) is 2.36. The van der Waals surface area contributed by atoms with Crippen LogP contribution >= 0.6 is 0 Å². The molecular weight excluding hydrogens is 340 g/mol. The summed E-state index contributed by atoms with van der Waals surface area (Å²) in [5, 5.41) is 2.70. The monoisotopic (exact) mass is 360 g/mol. The second-order valence-electron chi connectivity index (χ2n) is 5.78. The molecule has 1 aliphatic rings. The van der Waals surface area contributed by atoms with Crippen LogP contribution in [0.5, 0.6) is 0 Å². The normalized spacial score (nSPS) is 20.6. The van der Waals surface area contributed by atoms with E-state index in [4.69, 9.17) is 0 Å². The van der Waals surface area contributed by atoms with Crippen molar-refractivity contribution in [3.63, 3.8) is 0 Å². The van der Waals surface area contributed by atoms with Crippen molar-refractivity contribution in [2.24, 2.45) is 0 Å². The molecule has 0 spiro atoms. The van der Waals surface area contributed by atoms with Gasteiger partial charge in [-0.25, -0.2) is 21.1 Å². The molecule has 1 atom stereocenters. The van der Waals surface area contributed by atoms with Gasteiger partial charge in [0, 0.05) is 20.1 Å². The fourth-order valence-corrected chi connectivity index (χ4v) is 4.94. The van der Waals surface area contributed by atoms with E-state index in [0.717, 1.165) is 4.31 Å². The minimum absolute atomic E-state index is 0.0151. The summed E-state index contributed by atoms with van der Waals surface area (Å²) in [7, 11) is -3.62. The first-order valence-corrected chi connectivity index (χ1v) is 10.4. The first-order valence-electron chi connectivity index (χ1n) is 7.11. The van der Waals surface area contributed by atoms with E-state index < -0.39 is 19.9 Å². The van der Waals surface area contributed by atoms with Gasteiger partial charge in [0.05, 0.1) is 22.8 Å². The van der Waals surface area contributed by atoms with E-state index >= 15 is 0 Å². The van der Waals surface area contributed by atoms with Crippen LogP contribution in [0.3, 0.4) is 0 Å². The number of carbonyl (C=O) groups is 1. The van der Waals surface area contributed by atoms with E-state index in [2.05, 4.69) is 5.32 Å². The number of carbonyl (C=O) groups excluding carboxylic acids is 1. The van der Waals surface area contributed by atoms with Gasteiger partial charge in [-0.05, 0) is 24.1 Å². The van der Waals surface area contributed by atoms with Crippen LogP contribution in [0.25, 0.3) is 0 Å². The van der Waals surface area contributed by atoms with E-state index in [9.17, 15) is 21.6 Å². The summed E-state index contributed by atoms with van der Waals surface area (Å²) in [4.78, 5) is 12.1. The van der Waals surface area contributed by atoms with Crippen LogP contribution in [0, 0.1) is 0 Å². The first-order chi connectivity index (χ1) is 10.6. The number of hydrogen-bond acceptors (Lipinski definition) is 5. The van der Waals surface area contributed by atoms with Crippen LogP contribution in [0.15, 0.2) is 29.2 Å². The number of amides is 1. The highest BCUT2D eigenvalue weighted by molar-refractivity contribution is 7.91. The molecule has 128 valence electrons. The van der Waals surface area contributed by atoms with E-state index in [1.54, 1.807) is 12.1 Å². The molecular formula is C14H20N2O5S2. The third-order valence-corrected chi connectivity index (χ3v) is 7.26. The van der Waals surface area contributed by atoms with Crippen LogP contribution in [0.2, 0.25) is 0 Å². The highest BCUT2D eigenvalue weighted by Crippen LogP contribution is 2.15. The molecule has 1 aliphatic heterocycles. The maximum atomic E-state index is 11.9. The fraction of sp³-hybridized carbons (Fsp3) is 0.500. The SMILES string of the molecule is CN(C)S(=O)(=O)c1ccc(CC(=O)NC2CCS(=O)(=O)C2)cc1. The minimum atomic E-state index is -3.49. The van der Waals surface area contributed by atoms with Gasteiger partial charge in [0.2, 0.25) is 15.9 Å². The first kappa shape index (κ1) is 17.9. The lowest BCUT2D eigenvalue weighted by molar-refractivity contribution is -0.121. The molecule has 1 aromatic rings. The van der Waals surface area contributed by atoms with E-state index in [0.29, 0.717) is 12.0 Å². The lowest BCUT2D eigenvalue weighted by Gasteiger charge is -2.12. The van der Waals surface area contributed by atoms with Gasteiger partial charge in [-0.2, -0.15) is 0 Å². The Bertz CT molecular complexity index is 783. The molecule has 2 rings (SSSR count). The topological polar surface area (TPSA) is 101 Å². The summed E-state index contributed by atoms with van der Waals surface area (Å²) in [5.74, 6) is -0.177. The second kappa shape index (κ2) is 6.58. The van der Waals surface area contributed by atoms with Crippen molar-refractivity contribution in [3.8, 4) is 0 Å². The predicted octanol–water partition coefficient (Wildman–Crippen LogP) is -0.217. The number of sulfonamides is 1. The van der Waals surface area contributed by atoms with Crippen molar-refractivity contribution < 1.29 is 21.6 Å². The number of benzene rings is 1. The van der Waals surface area contributed by atoms with E-state index in [1.165, 1.54) is 26.2 Å². The Kier molecular flexibility index (Phi) is 5.12. The molecule has 1 unspecified atom stereocenters. The second-order valence-corrected chi connectivity index (χ2v) is 10.2. The molecule has 9 heteroatoms. The number of nitrogens with one attached hydrogen (secondary N) is 1. The molecule has 1 aromatic carbocycles. The van der Waals surface area contributed by atoms with Gasteiger partial charge in [-0.15, -0.1) is 0 Å². The number of hydrogen-bond donors (Lipinski definition) is 1. The molecule has 1 amide bonds. The summed E-state index contributed by atoms with van der Waals surface area (Å²) in [6.07, 6.45) is 0.521. The molecule has 0 saturated carbocycles. The standard InChI is InChI=1S/C14H20N2O5S2/c1-16(2)23(20,21)13-5-3-11(4-6-13)9-14(17)15-12-7-8-22(18,19)10-12/h3-6,12H,7-10H2,1-2H3,(H,15,17). The van der Waals surface area contributed by atoms with E-state index in [-0.39, 0.29) is 34.8 Å². The Morgan fingerprint density at radius 3 is 2.35 bits per heavy atom. The number of rotatable bonds is 5. The summed E-state index contributed by atoms with van der Waals surface area (Å²) in [6.45, 7) is 0. The molecule has 0 radical (unpaired) electrons. The largest absolute Gasteiger partial charge is 0.352 e. The van der Waals surface area contributed by atoms with Gasteiger partial charge >= 0.3 is 0 Å². The third-order valence-electron chi connectivity index (χ3n) is 3.66. The van der Waals surface area contributed by atoms with Crippen LogP contribution in [-0.4, -0.2) is 58.7 Å². The Hall–Kier alpha value is -1.45. The van der Waals surface area contributed by atoms with Crippen molar-refractivity contribution in [1.29, 1.82) is 0 Å². The lowest BCUT2D eigenvalue weighted by Crippen LogP contribution is -2.36. The Morgan fingerprint density at radius 1 is 1.26 bits per heavy atom.